The molecule has 0 radical (unpaired) electrons. The monoisotopic (exact) mass is 437 g/mol. The van der Waals surface area contributed by atoms with Crippen molar-refractivity contribution in [2.24, 2.45) is 5.92 Å². The highest BCUT2D eigenvalue weighted by Crippen LogP contribution is 2.16. The second-order valence-electron chi connectivity index (χ2n) is 9.63. The lowest BCUT2D eigenvalue weighted by Crippen LogP contribution is -2.43. The predicted octanol–water partition coefficient (Wildman–Crippen LogP) is 2.71. The first-order valence-corrected chi connectivity index (χ1v) is 10.4. The molecule has 2 N–H and O–H groups in total. The molecule has 0 aliphatic carbocycles. The Labute approximate surface area is 183 Å². The summed E-state index contributed by atoms with van der Waals surface area (Å²) in [6.07, 6.45) is 0.223. The summed E-state index contributed by atoms with van der Waals surface area (Å²) in [7, 11) is 0. The number of aromatic nitrogens is 1. The van der Waals surface area contributed by atoms with E-state index in [9.17, 15) is 19.2 Å². The van der Waals surface area contributed by atoms with Crippen molar-refractivity contribution in [3.63, 3.8) is 0 Å². The summed E-state index contributed by atoms with van der Waals surface area (Å²) >= 11 is 0. The van der Waals surface area contributed by atoms with Gasteiger partial charge in [-0.1, -0.05) is 5.16 Å². The van der Waals surface area contributed by atoms with Crippen LogP contribution in [0.1, 0.15) is 83.5 Å². The standard InChI is InChI=1S/C22H35N3O6/c1-14-11-16(25-31-14)17(26)12-15(13-18(27)24-21(2,3)4)20(29)23-10-8-9-19(28)30-22(5,6)7/h11,15H,8-10,12-13H2,1-7H3,(H,23,29)(H,24,27)/t15-/m0/s1. The molecule has 0 bridgehead atoms. The van der Waals surface area contributed by atoms with Crippen LogP contribution in [0.3, 0.4) is 0 Å². The first-order chi connectivity index (χ1) is 14.2. The molecule has 2 amide bonds. The van der Waals surface area contributed by atoms with Crippen LogP contribution in [0.25, 0.3) is 0 Å². The predicted molar refractivity (Wildman–Crippen MR) is 114 cm³/mol. The second kappa shape index (κ2) is 11.1. The highest BCUT2D eigenvalue weighted by atomic mass is 16.6. The normalized spacial score (nSPS) is 12.7. The van der Waals surface area contributed by atoms with Gasteiger partial charge < -0.3 is 19.9 Å². The van der Waals surface area contributed by atoms with Gasteiger partial charge in [-0.3, -0.25) is 19.2 Å². The number of amides is 2. The van der Waals surface area contributed by atoms with E-state index in [0.29, 0.717) is 12.2 Å². The Morgan fingerprint density at radius 1 is 1.10 bits per heavy atom. The third-order valence-electron chi connectivity index (χ3n) is 3.94. The average Bonchev–Trinajstić information content (AvgIpc) is 3.01. The molecule has 0 unspecified atom stereocenters. The fourth-order valence-corrected chi connectivity index (χ4v) is 2.76. The molecular formula is C22H35N3O6. The highest BCUT2D eigenvalue weighted by Gasteiger charge is 2.28. The Balaban J connectivity index is 2.68. The molecule has 1 heterocycles. The molecule has 0 fully saturated rings. The van der Waals surface area contributed by atoms with E-state index in [1.165, 1.54) is 6.07 Å². The van der Waals surface area contributed by atoms with Crippen LogP contribution in [0.4, 0.5) is 0 Å². The summed E-state index contributed by atoms with van der Waals surface area (Å²) < 4.78 is 10.1. The van der Waals surface area contributed by atoms with Gasteiger partial charge in [-0.05, 0) is 54.9 Å². The summed E-state index contributed by atoms with van der Waals surface area (Å²) in [6.45, 7) is 12.7. The van der Waals surface area contributed by atoms with Crippen molar-refractivity contribution in [2.45, 2.75) is 85.3 Å². The number of carbonyl (C=O) groups excluding carboxylic acids is 4. The first-order valence-electron chi connectivity index (χ1n) is 10.4. The summed E-state index contributed by atoms with van der Waals surface area (Å²) in [6, 6.07) is 1.49. The molecular weight excluding hydrogens is 402 g/mol. The average molecular weight is 438 g/mol. The molecule has 0 saturated carbocycles. The lowest BCUT2D eigenvalue weighted by molar-refractivity contribution is -0.155. The zero-order valence-electron chi connectivity index (χ0n) is 19.6. The summed E-state index contributed by atoms with van der Waals surface area (Å²) in [4.78, 5) is 49.3. The lowest BCUT2D eigenvalue weighted by Gasteiger charge is -2.22. The van der Waals surface area contributed by atoms with Crippen molar-refractivity contribution in [3.8, 4) is 0 Å². The largest absolute Gasteiger partial charge is 0.460 e. The van der Waals surface area contributed by atoms with Crippen molar-refractivity contribution >= 4 is 23.6 Å². The Kier molecular flexibility index (Phi) is 9.40. The van der Waals surface area contributed by atoms with E-state index in [1.54, 1.807) is 27.7 Å². The van der Waals surface area contributed by atoms with Crippen LogP contribution in [0.2, 0.25) is 0 Å². The van der Waals surface area contributed by atoms with E-state index in [2.05, 4.69) is 15.8 Å². The van der Waals surface area contributed by atoms with E-state index in [4.69, 9.17) is 9.26 Å². The molecule has 0 spiro atoms. The zero-order valence-corrected chi connectivity index (χ0v) is 19.6. The van der Waals surface area contributed by atoms with Gasteiger partial charge >= 0.3 is 5.97 Å². The SMILES string of the molecule is Cc1cc(C(=O)C[C@@H](CC(=O)NC(C)(C)C)C(=O)NCCCC(=O)OC(C)(C)C)no1. The number of ether oxygens (including phenoxy) is 1. The van der Waals surface area contributed by atoms with Crippen LogP contribution in [-0.4, -0.2) is 46.4 Å². The first kappa shape index (κ1) is 26.3. The van der Waals surface area contributed by atoms with Crippen LogP contribution >= 0.6 is 0 Å². The van der Waals surface area contributed by atoms with Crippen LogP contribution < -0.4 is 10.6 Å². The summed E-state index contributed by atoms with van der Waals surface area (Å²) in [5.74, 6) is -1.87. The summed E-state index contributed by atoms with van der Waals surface area (Å²) in [5, 5.41) is 9.19. The van der Waals surface area contributed by atoms with Gasteiger partial charge in [0.2, 0.25) is 11.8 Å². The minimum atomic E-state index is -0.867. The van der Waals surface area contributed by atoms with Crippen molar-refractivity contribution in [3.05, 3.63) is 17.5 Å². The number of rotatable bonds is 10. The van der Waals surface area contributed by atoms with Gasteiger partial charge in [0.25, 0.3) is 0 Å². The van der Waals surface area contributed by atoms with Crippen molar-refractivity contribution in [1.82, 2.24) is 15.8 Å². The van der Waals surface area contributed by atoms with E-state index in [-0.39, 0.29) is 49.2 Å². The van der Waals surface area contributed by atoms with Gasteiger partial charge in [0.05, 0.1) is 5.92 Å². The van der Waals surface area contributed by atoms with Gasteiger partial charge in [-0.15, -0.1) is 0 Å². The van der Waals surface area contributed by atoms with Crippen LogP contribution in [0.15, 0.2) is 10.6 Å². The number of esters is 1. The third kappa shape index (κ3) is 11.3. The van der Waals surface area contributed by atoms with E-state index in [0.717, 1.165) is 0 Å². The topological polar surface area (TPSA) is 128 Å². The molecule has 1 atom stereocenters. The van der Waals surface area contributed by atoms with Crippen LogP contribution in [0.5, 0.6) is 0 Å². The number of nitrogens with zero attached hydrogens (tertiary/aromatic N) is 1. The fraction of sp³-hybridized carbons (Fsp3) is 0.682. The molecule has 1 rings (SSSR count). The molecule has 0 aliphatic rings. The quantitative estimate of drug-likeness (QED) is 0.327. The zero-order chi connectivity index (χ0) is 23.8. The molecule has 0 aliphatic heterocycles. The molecule has 9 heteroatoms. The molecule has 1 aromatic heterocycles. The maximum Gasteiger partial charge on any atom is 0.306 e. The number of Topliss-reactive ketones (excluding diaryl/α,β-unsaturated/α-hetero) is 1. The lowest BCUT2D eigenvalue weighted by atomic mass is 9.95. The van der Waals surface area contributed by atoms with E-state index < -0.39 is 23.0 Å². The molecule has 9 nitrogen and oxygen atoms in total. The molecule has 0 saturated heterocycles. The number of carbonyl (C=O) groups is 4. The summed E-state index contributed by atoms with van der Waals surface area (Å²) in [5.41, 5.74) is -0.902. The van der Waals surface area contributed by atoms with Crippen LogP contribution in [-0.2, 0) is 19.1 Å². The van der Waals surface area contributed by atoms with E-state index in [1.807, 2.05) is 20.8 Å². The highest BCUT2D eigenvalue weighted by molar-refractivity contribution is 5.98. The maximum absolute atomic E-state index is 12.7. The smallest absolute Gasteiger partial charge is 0.306 e. The van der Waals surface area contributed by atoms with Crippen LogP contribution in [0, 0.1) is 12.8 Å². The van der Waals surface area contributed by atoms with Gasteiger partial charge in [0.15, 0.2) is 5.78 Å². The third-order valence-corrected chi connectivity index (χ3v) is 3.94. The fourth-order valence-electron chi connectivity index (χ4n) is 2.76. The number of hydrogen-bond donors (Lipinski definition) is 2. The van der Waals surface area contributed by atoms with Gasteiger partial charge in [0.1, 0.15) is 17.1 Å². The Morgan fingerprint density at radius 3 is 2.26 bits per heavy atom. The molecule has 1 aromatic rings. The minimum absolute atomic E-state index is 0.122. The van der Waals surface area contributed by atoms with Gasteiger partial charge in [0, 0.05) is 37.4 Å². The van der Waals surface area contributed by atoms with Crippen molar-refractivity contribution < 1.29 is 28.4 Å². The number of ketones is 1. The molecule has 31 heavy (non-hydrogen) atoms. The van der Waals surface area contributed by atoms with Crippen molar-refractivity contribution in [1.29, 1.82) is 0 Å². The number of nitrogens with one attached hydrogen (secondary N) is 2. The Bertz CT molecular complexity index is 786. The molecule has 174 valence electrons. The molecule has 0 aromatic carbocycles. The van der Waals surface area contributed by atoms with Gasteiger partial charge in [-0.25, -0.2) is 0 Å². The maximum atomic E-state index is 12.7. The number of aryl methyl sites for hydroxylation is 1. The second-order valence-corrected chi connectivity index (χ2v) is 9.63. The Morgan fingerprint density at radius 2 is 1.74 bits per heavy atom. The van der Waals surface area contributed by atoms with Crippen molar-refractivity contribution in [2.75, 3.05) is 6.54 Å². The Hall–Kier alpha value is -2.71. The van der Waals surface area contributed by atoms with E-state index >= 15 is 0 Å². The van der Waals surface area contributed by atoms with Gasteiger partial charge in [-0.2, -0.15) is 0 Å². The minimum Gasteiger partial charge on any atom is -0.460 e. The number of hydrogen-bond acceptors (Lipinski definition) is 7.